The van der Waals surface area contributed by atoms with Crippen LogP contribution in [0.1, 0.15) is 15.9 Å². The van der Waals surface area contributed by atoms with E-state index in [-0.39, 0.29) is 12.0 Å². The number of amides is 1. The lowest BCUT2D eigenvalue weighted by Gasteiger charge is -2.17. The third-order valence-electron chi connectivity index (χ3n) is 3.57. The van der Waals surface area contributed by atoms with Gasteiger partial charge in [-0.05, 0) is 29.8 Å². The van der Waals surface area contributed by atoms with Crippen LogP contribution in [0.2, 0.25) is 0 Å². The van der Waals surface area contributed by atoms with Gasteiger partial charge in [-0.15, -0.1) is 0 Å². The summed E-state index contributed by atoms with van der Waals surface area (Å²) < 4.78 is 36.4. The zero-order chi connectivity index (χ0) is 18.4. The van der Waals surface area contributed by atoms with Crippen molar-refractivity contribution in [3.8, 4) is 5.75 Å². The Kier molecular flexibility index (Phi) is 6.05. The van der Waals surface area contributed by atoms with Gasteiger partial charge >= 0.3 is 5.97 Å². The summed E-state index contributed by atoms with van der Waals surface area (Å²) in [5, 5.41) is 2.41. The normalized spacial score (nSPS) is 11.5. The van der Waals surface area contributed by atoms with Gasteiger partial charge in [-0.1, -0.05) is 12.1 Å². The molecule has 0 saturated heterocycles. The minimum atomic E-state index is -1.02. The molecule has 0 spiro atoms. The second kappa shape index (κ2) is 8.23. The number of nitrogens with one attached hydrogen (secondary N) is 1. The second-order valence-electron chi connectivity index (χ2n) is 5.23. The maximum Gasteiger partial charge on any atom is 0.328 e. The minimum absolute atomic E-state index is 0.144. The summed E-state index contributed by atoms with van der Waals surface area (Å²) in [6.45, 7) is 0. The Balaban J connectivity index is 2.16. The number of methoxy groups -OCH3 is 2. The Morgan fingerprint density at radius 2 is 1.76 bits per heavy atom. The number of halogens is 2. The highest BCUT2D eigenvalue weighted by Gasteiger charge is 2.24. The van der Waals surface area contributed by atoms with Crippen LogP contribution in [0.15, 0.2) is 42.5 Å². The highest BCUT2D eigenvalue weighted by Crippen LogP contribution is 2.14. The Hall–Kier alpha value is -2.96. The lowest BCUT2D eigenvalue weighted by Crippen LogP contribution is -2.43. The first-order chi connectivity index (χ1) is 11.9. The molecular weight excluding hydrogens is 332 g/mol. The van der Waals surface area contributed by atoms with E-state index < -0.39 is 29.6 Å². The van der Waals surface area contributed by atoms with Crippen molar-refractivity contribution in [3.63, 3.8) is 0 Å². The molecule has 1 N–H and O–H groups in total. The van der Waals surface area contributed by atoms with Crippen LogP contribution in [-0.2, 0) is 16.0 Å². The van der Waals surface area contributed by atoms with Crippen molar-refractivity contribution in [2.45, 2.75) is 12.5 Å². The van der Waals surface area contributed by atoms with E-state index in [2.05, 4.69) is 10.1 Å². The van der Waals surface area contributed by atoms with E-state index in [1.165, 1.54) is 14.2 Å². The molecule has 2 rings (SSSR count). The highest BCUT2D eigenvalue weighted by molar-refractivity contribution is 5.97. The van der Waals surface area contributed by atoms with E-state index in [1.54, 1.807) is 24.3 Å². The number of esters is 1. The Bertz CT molecular complexity index is 762. The van der Waals surface area contributed by atoms with Gasteiger partial charge in [0.25, 0.3) is 5.91 Å². The zero-order valence-electron chi connectivity index (χ0n) is 13.7. The molecule has 0 aliphatic rings. The van der Waals surface area contributed by atoms with Crippen LogP contribution >= 0.6 is 0 Å². The van der Waals surface area contributed by atoms with Crippen molar-refractivity contribution in [2.24, 2.45) is 0 Å². The zero-order valence-corrected chi connectivity index (χ0v) is 13.7. The van der Waals surface area contributed by atoms with Crippen molar-refractivity contribution in [2.75, 3.05) is 14.2 Å². The molecule has 0 fully saturated rings. The average Bonchev–Trinajstić information content (AvgIpc) is 2.60. The summed E-state index contributed by atoms with van der Waals surface area (Å²) in [6.07, 6.45) is 0.144. The predicted molar refractivity (Wildman–Crippen MR) is 86.3 cm³/mol. The van der Waals surface area contributed by atoms with Gasteiger partial charge in [0.15, 0.2) is 0 Å². The molecule has 2 aromatic rings. The molecule has 0 radical (unpaired) electrons. The first-order valence-corrected chi connectivity index (χ1v) is 7.41. The first kappa shape index (κ1) is 18.4. The standard InChI is InChI=1S/C18H17F2NO4/c1-24-13-6-3-11(4-7-13)9-16(18(23)25-2)21-17(22)14-8-5-12(19)10-15(14)20/h3-8,10,16H,9H2,1-2H3,(H,21,22)/t16-/m0/s1. The molecular formula is C18H17F2NO4. The van der Waals surface area contributed by atoms with E-state index in [9.17, 15) is 18.4 Å². The van der Waals surface area contributed by atoms with E-state index in [0.717, 1.165) is 17.7 Å². The molecule has 5 nitrogen and oxygen atoms in total. The number of ether oxygens (including phenoxy) is 2. The summed E-state index contributed by atoms with van der Waals surface area (Å²) in [5.74, 6) is -2.66. The summed E-state index contributed by atoms with van der Waals surface area (Å²) in [7, 11) is 2.72. The molecule has 0 aliphatic carbocycles. The van der Waals surface area contributed by atoms with Crippen LogP contribution < -0.4 is 10.1 Å². The summed E-state index contributed by atoms with van der Waals surface area (Å²) >= 11 is 0. The van der Waals surface area contributed by atoms with Crippen LogP contribution in [-0.4, -0.2) is 32.1 Å². The molecule has 0 bridgehead atoms. The SMILES string of the molecule is COC(=O)[C@H](Cc1ccc(OC)cc1)NC(=O)c1ccc(F)cc1F. The van der Waals surface area contributed by atoms with E-state index in [4.69, 9.17) is 4.74 Å². The van der Waals surface area contributed by atoms with Crippen molar-refractivity contribution in [3.05, 3.63) is 65.2 Å². The number of hydrogen-bond donors (Lipinski definition) is 1. The van der Waals surface area contributed by atoms with Crippen molar-refractivity contribution < 1.29 is 27.8 Å². The molecule has 1 atom stereocenters. The second-order valence-corrected chi connectivity index (χ2v) is 5.23. The van der Waals surface area contributed by atoms with Gasteiger partial charge in [0.2, 0.25) is 0 Å². The van der Waals surface area contributed by atoms with Gasteiger partial charge in [0.1, 0.15) is 23.4 Å². The summed E-state index contributed by atoms with van der Waals surface area (Å²) in [5.41, 5.74) is 0.390. The molecule has 7 heteroatoms. The molecule has 25 heavy (non-hydrogen) atoms. The third-order valence-corrected chi connectivity index (χ3v) is 3.57. The maximum absolute atomic E-state index is 13.7. The van der Waals surface area contributed by atoms with Gasteiger partial charge in [-0.3, -0.25) is 4.79 Å². The number of hydrogen-bond acceptors (Lipinski definition) is 4. The first-order valence-electron chi connectivity index (χ1n) is 7.41. The van der Waals surface area contributed by atoms with Crippen LogP contribution in [0.25, 0.3) is 0 Å². The molecule has 0 aromatic heterocycles. The minimum Gasteiger partial charge on any atom is -0.497 e. The average molecular weight is 349 g/mol. The van der Waals surface area contributed by atoms with Crippen LogP contribution in [0.5, 0.6) is 5.75 Å². The smallest absolute Gasteiger partial charge is 0.328 e. The molecule has 0 saturated carbocycles. The van der Waals surface area contributed by atoms with E-state index >= 15 is 0 Å². The van der Waals surface area contributed by atoms with Gasteiger partial charge in [0.05, 0.1) is 19.8 Å². The summed E-state index contributed by atoms with van der Waals surface area (Å²) in [4.78, 5) is 24.1. The number of benzene rings is 2. The number of carbonyl (C=O) groups excluding carboxylic acids is 2. The van der Waals surface area contributed by atoms with Crippen molar-refractivity contribution >= 4 is 11.9 Å². The molecule has 132 valence electrons. The Morgan fingerprint density at radius 1 is 1.08 bits per heavy atom. The van der Waals surface area contributed by atoms with Crippen molar-refractivity contribution in [1.29, 1.82) is 0 Å². The van der Waals surface area contributed by atoms with Gasteiger partial charge in [-0.25, -0.2) is 13.6 Å². The lowest BCUT2D eigenvalue weighted by molar-refractivity contribution is -0.142. The maximum atomic E-state index is 13.7. The fourth-order valence-corrected chi connectivity index (χ4v) is 2.24. The predicted octanol–water partition coefficient (Wildman–Crippen LogP) is 2.49. The Morgan fingerprint density at radius 3 is 2.32 bits per heavy atom. The Labute approximate surface area is 143 Å². The monoisotopic (exact) mass is 349 g/mol. The van der Waals surface area contributed by atoms with Crippen LogP contribution in [0.3, 0.4) is 0 Å². The lowest BCUT2D eigenvalue weighted by atomic mass is 10.0. The van der Waals surface area contributed by atoms with Gasteiger partial charge in [-0.2, -0.15) is 0 Å². The van der Waals surface area contributed by atoms with Crippen LogP contribution in [0, 0.1) is 11.6 Å². The number of carbonyl (C=O) groups is 2. The number of rotatable bonds is 6. The van der Waals surface area contributed by atoms with Gasteiger partial charge < -0.3 is 14.8 Å². The topological polar surface area (TPSA) is 64.6 Å². The molecule has 0 unspecified atom stereocenters. The molecule has 1 amide bonds. The highest BCUT2D eigenvalue weighted by atomic mass is 19.1. The van der Waals surface area contributed by atoms with Gasteiger partial charge in [0, 0.05) is 12.5 Å². The molecule has 0 aliphatic heterocycles. The fraction of sp³-hybridized carbons (Fsp3) is 0.222. The largest absolute Gasteiger partial charge is 0.497 e. The summed E-state index contributed by atoms with van der Waals surface area (Å²) in [6, 6.07) is 8.46. The van der Waals surface area contributed by atoms with E-state index in [1.807, 2.05) is 0 Å². The quantitative estimate of drug-likeness (QED) is 0.814. The molecule has 0 heterocycles. The van der Waals surface area contributed by atoms with Crippen molar-refractivity contribution in [1.82, 2.24) is 5.32 Å². The van der Waals surface area contributed by atoms with Crippen LogP contribution in [0.4, 0.5) is 8.78 Å². The fourth-order valence-electron chi connectivity index (χ4n) is 2.24. The van der Waals surface area contributed by atoms with E-state index in [0.29, 0.717) is 11.8 Å². The molecule has 2 aromatic carbocycles. The third kappa shape index (κ3) is 4.76.